The van der Waals surface area contributed by atoms with Crippen molar-refractivity contribution in [2.75, 3.05) is 20.1 Å². The van der Waals surface area contributed by atoms with Crippen LogP contribution in [0.1, 0.15) is 48.0 Å². The van der Waals surface area contributed by atoms with E-state index in [0.717, 1.165) is 19.3 Å². The molecule has 0 aromatic heterocycles. The second kappa shape index (κ2) is 11.0. The van der Waals surface area contributed by atoms with Crippen molar-refractivity contribution in [3.63, 3.8) is 0 Å². The smallest absolute Gasteiger partial charge is 0.268 e. The molecule has 1 aliphatic heterocycles. The first-order valence-electron chi connectivity index (χ1n) is 9.50. The number of piperazine rings is 1. The lowest BCUT2D eigenvalue weighted by atomic mass is 10.1. The fraction of sp³-hybridized carbons (Fsp3) is 0.400. The molecular weight excluding hydrogens is 376 g/mol. The molecule has 0 aliphatic carbocycles. The molecule has 9 heteroatoms. The maximum atomic E-state index is 12.2. The number of hydrogen-bond donors (Lipinski definition) is 4. The van der Waals surface area contributed by atoms with E-state index in [-0.39, 0.29) is 42.3 Å². The number of carbonyl (C=O) groups is 4. The van der Waals surface area contributed by atoms with Crippen molar-refractivity contribution in [3.05, 3.63) is 41.1 Å². The predicted octanol–water partition coefficient (Wildman–Crippen LogP) is 0.801. The van der Waals surface area contributed by atoms with E-state index in [1.54, 1.807) is 42.9 Å². The molecule has 29 heavy (non-hydrogen) atoms. The summed E-state index contributed by atoms with van der Waals surface area (Å²) in [6.45, 7) is 0.522. The first-order valence-corrected chi connectivity index (χ1v) is 9.50. The van der Waals surface area contributed by atoms with Crippen LogP contribution in [0.5, 0.6) is 0 Å². The molecule has 1 fully saturated rings. The Bertz CT molecular complexity index is 789. The van der Waals surface area contributed by atoms with Gasteiger partial charge in [0, 0.05) is 25.6 Å². The Morgan fingerprint density at radius 2 is 1.83 bits per heavy atom. The van der Waals surface area contributed by atoms with Crippen molar-refractivity contribution in [2.24, 2.45) is 0 Å². The van der Waals surface area contributed by atoms with Crippen LogP contribution in [0, 0.1) is 0 Å². The van der Waals surface area contributed by atoms with Crippen LogP contribution < -0.4 is 16.1 Å². The third-order valence-corrected chi connectivity index (χ3v) is 4.59. The number of rotatable bonds is 9. The zero-order valence-electron chi connectivity index (χ0n) is 16.4. The lowest BCUT2D eigenvalue weighted by Gasteiger charge is -2.25. The molecule has 4 amide bonds. The van der Waals surface area contributed by atoms with Crippen LogP contribution in [0.15, 0.2) is 30.0 Å². The topological polar surface area (TPSA) is 128 Å². The van der Waals surface area contributed by atoms with E-state index in [2.05, 4.69) is 10.6 Å². The summed E-state index contributed by atoms with van der Waals surface area (Å²) in [4.78, 5) is 48.0. The van der Waals surface area contributed by atoms with Gasteiger partial charge in [-0.25, -0.2) is 5.48 Å². The fourth-order valence-corrected chi connectivity index (χ4v) is 2.83. The Hall–Kier alpha value is -3.20. The van der Waals surface area contributed by atoms with Gasteiger partial charge in [0.2, 0.25) is 11.8 Å². The molecule has 1 aromatic carbocycles. The highest BCUT2D eigenvalue weighted by Gasteiger charge is 2.25. The minimum atomic E-state index is -0.389. The maximum absolute atomic E-state index is 12.2. The van der Waals surface area contributed by atoms with Crippen molar-refractivity contribution >= 4 is 29.7 Å². The molecule has 0 radical (unpaired) electrons. The van der Waals surface area contributed by atoms with Crippen molar-refractivity contribution in [1.82, 2.24) is 21.0 Å². The van der Waals surface area contributed by atoms with Gasteiger partial charge in [-0.3, -0.25) is 24.4 Å². The summed E-state index contributed by atoms with van der Waals surface area (Å²) >= 11 is 0. The molecule has 1 heterocycles. The Morgan fingerprint density at radius 1 is 1.14 bits per heavy atom. The zero-order chi connectivity index (χ0) is 21.2. The third-order valence-electron chi connectivity index (χ3n) is 4.59. The number of carbonyl (C=O) groups excluding carboxylic acids is 4. The summed E-state index contributed by atoms with van der Waals surface area (Å²) in [5.41, 5.74) is 3.07. The average molecular weight is 402 g/mol. The average Bonchev–Trinajstić information content (AvgIpc) is 2.73. The lowest BCUT2D eigenvalue weighted by Crippen LogP contribution is -2.47. The van der Waals surface area contributed by atoms with E-state index in [9.17, 15) is 19.2 Å². The molecule has 4 N–H and O–H groups in total. The van der Waals surface area contributed by atoms with Gasteiger partial charge < -0.3 is 15.5 Å². The number of hydroxylamine groups is 1. The number of benzene rings is 1. The van der Waals surface area contributed by atoms with Crippen LogP contribution in [0.25, 0.3) is 6.08 Å². The van der Waals surface area contributed by atoms with E-state index in [1.807, 2.05) is 0 Å². The maximum Gasteiger partial charge on any atom is 0.268 e. The van der Waals surface area contributed by atoms with Gasteiger partial charge >= 0.3 is 0 Å². The van der Waals surface area contributed by atoms with Gasteiger partial charge in [0.05, 0.1) is 6.54 Å². The van der Waals surface area contributed by atoms with Gasteiger partial charge in [0.15, 0.2) is 0 Å². The monoisotopic (exact) mass is 402 g/mol. The molecule has 0 spiro atoms. The van der Waals surface area contributed by atoms with Gasteiger partial charge in [0.25, 0.3) is 11.8 Å². The van der Waals surface area contributed by atoms with E-state index < -0.39 is 0 Å². The first-order chi connectivity index (χ1) is 13.9. The normalized spacial score (nSPS) is 15.2. The highest BCUT2D eigenvalue weighted by molar-refractivity contribution is 6.05. The number of hydrogen-bond acceptors (Lipinski definition) is 5. The standard InChI is InChI=1S/C20H26N4O5/c1-24-16(20(28)22-13-18(24)26)12-14-7-9-15(10-8-14)19(27)21-11-5-3-2-4-6-17(25)23-29/h7-10,12,29H,2-6,11,13H2,1H3,(H,21,27)(H,22,28)(H,23,25)/b16-12-. The molecule has 1 aliphatic rings. The number of likely N-dealkylation sites (N-methyl/N-ethyl adjacent to an activating group) is 1. The van der Waals surface area contributed by atoms with E-state index in [1.165, 1.54) is 4.90 Å². The number of nitrogens with zero attached hydrogens (tertiary/aromatic N) is 1. The zero-order valence-corrected chi connectivity index (χ0v) is 16.4. The van der Waals surface area contributed by atoms with Gasteiger partial charge in [-0.2, -0.15) is 0 Å². The third kappa shape index (κ3) is 6.72. The number of unbranched alkanes of at least 4 members (excludes halogenated alkanes) is 3. The molecule has 9 nitrogen and oxygen atoms in total. The second-order valence-corrected chi connectivity index (χ2v) is 6.74. The van der Waals surface area contributed by atoms with Gasteiger partial charge in [-0.15, -0.1) is 0 Å². The lowest BCUT2D eigenvalue weighted by molar-refractivity contribution is -0.135. The Labute approximate surface area is 169 Å². The summed E-state index contributed by atoms with van der Waals surface area (Å²) in [5, 5.41) is 13.8. The Morgan fingerprint density at radius 3 is 2.52 bits per heavy atom. The number of nitrogens with one attached hydrogen (secondary N) is 3. The molecule has 0 unspecified atom stereocenters. The van der Waals surface area contributed by atoms with Crippen LogP contribution in [0.4, 0.5) is 0 Å². The summed E-state index contributed by atoms with van der Waals surface area (Å²) in [5.74, 6) is -1.08. The quantitative estimate of drug-likeness (QED) is 0.210. The Kier molecular flexibility index (Phi) is 8.35. The Balaban J connectivity index is 1.78. The summed E-state index contributed by atoms with van der Waals surface area (Å²) in [6, 6.07) is 6.76. The number of amides is 4. The molecular formula is C20H26N4O5. The molecule has 0 atom stereocenters. The van der Waals surface area contributed by atoms with Crippen molar-refractivity contribution in [3.8, 4) is 0 Å². The van der Waals surface area contributed by atoms with Crippen LogP contribution in [-0.4, -0.2) is 53.9 Å². The van der Waals surface area contributed by atoms with Gasteiger partial charge in [0.1, 0.15) is 5.70 Å². The van der Waals surface area contributed by atoms with Crippen molar-refractivity contribution < 1.29 is 24.4 Å². The van der Waals surface area contributed by atoms with Crippen LogP contribution in [0.3, 0.4) is 0 Å². The molecule has 0 bridgehead atoms. The summed E-state index contributed by atoms with van der Waals surface area (Å²) in [6.07, 6.45) is 5.10. The van der Waals surface area contributed by atoms with Crippen LogP contribution in [-0.2, 0) is 14.4 Å². The van der Waals surface area contributed by atoms with Gasteiger partial charge in [-0.1, -0.05) is 25.0 Å². The van der Waals surface area contributed by atoms with Crippen molar-refractivity contribution in [1.29, 1.82) is 0 Å². The molecule has 2 rings (SSSR count). The minimum absolute atomic E-state index is 0.0101. The van der Waals surface area contributed by atoms with E-state index >= 15 is 0 Å². The predicted molar refractivity (Wildman–Crippen MR) is 106 cm³/mol. The second-order valence-electron chi connectivity index (χ2n) is 6.74. The largest absolute Gasteiger partial charge is 0.352 e. The SMILES string of the molecule is CN1C(=O)CNC(=O)/C1=C/c1ccc(C(=O)NCCCCCCC(=O)NO)cc1. The molecule has 156 valence electrons. The molecule has 0 saturated carbocycles. The van der Waals surface area contributed by atoms with Gasteiger partial charge in [-0.05, 0) is 36.6 Å². The highest BCUT2D eigenvalue weighted by atomic mass is 16.5. The fourth-order valence-electron chi connectivity index (χ4n) is 2.83. The minimum Gasteiger partial charge on any atom is -0.352 e. The van der Waals surface area contributed by atoms with E-state index in [4.69, 9.17) is 5.21 Å². The van der Waals surface area contributed by atoms with E-state index in [0.29, 0.717) is 24.1 Å². The molecule has 1 aromatic rings. The summed E-state index contributed by atoms with van der Waals surface area (Å²) in [7, 11) is 1.55. The van der Waals surface area contributed by atoms with Crippen molar-refractivity contribution in [2.45, 2.75) is 32.1 Å². The summed E-state index contributed by atoms with van der Waals surface area (Å²) < 4.78 is 0. The first kappa shape index (κ1) is 22.1. The highest BCUT2D eigenvalue weighted by Crippen LogP contribution is 2.14. The molecule has 1 saturated heterocycles. The van der Waals surface area contributed by atoms with Crippen LogP contribution >= 0.6 is 0 Å². The van der Waals surface area contributed by atoms with Crippen LogP contribution in [0.2, 0.25) is 0 Å².